The topological polar surface area (TPSA) is 70.5 Å². The van der Waals surface area contributed by atoms with Crippen LogP contribution < -0.4 is 0 Å². The third kappa shape index (κ3) is 3.86. The first-order valence-corrected chi connectivity index (χ1v) is 10.7. The number of ketones is 1. The number of hydrogen-bond acceptors (Lipinski definition) is 5. The first-order chi connectivity index (χ1) is 15.6. The molecular weight excluding hydrogens is 444 g/mol. The fourth-order valence-corrected chi connectivity index (χ4v) is 3.97. The summed E-state index contributed by atoms with van der Waals surface area (Å²) >= 11 is 11.7. The van der Waals surface area contributed by atoms with Crippen molar-refractivity contribution in [1.29, 1.82) is 0 Å². The van der Waals surface area contributed by atoms with E-state index in [2.05, 4.69) is 10.3 Å². The van der Waals surface area contributed by atoms with Gasteiger partial charge < -0.3 is 0 Å². The van der Waals surface area contributed by atoms with E-state index < -0.39 is 0 Å². The normalized spacial score (nSPS) is 11.2. The van der Waals surface area contributed by atoms with E-state index in [1.165, 1.54) is 0 Å². The third-order valence-corrected chi connectivity index (χ3v) is 5.74. The van der Waals surface area contributed by atoms with E-state index in [9.17, 15) is 4.79 Å². The lowest BCUT2D eigenvalue weighted by molar-refractivity contribution is 0.0967. The maximum Gasteiger partial charge on any atom is 0.203 e. The van der Waals surface area contributed by atoms with Crippen molar-refractivity contribution in [3.8, 4) is 5.69 Å². The molecule has 0 N–H and O–H groups in total. The standard InChI is InChI=1S/C23H17ClN6OS/c24-17-12-10-16(11-13-17)21(31)14-29-23(32)30(18-6-2-1-3-7-18)22(26-29)15-28-20-9-5-4-8-19(20)25-27-28/h1-13H,14-15H2. The molecule has 0 atom stereocenters. The lowest BCUT2D eigenvalue weighted by Crippen LogP contribution is -2.12. The first kappa shape index (κ1) is 20.3. The summed E-state index contributed by atoms with van der Waals surface area (Å²) in [5.74, 6) is 0.550. The molecular formula is C23H17ClN6OS. The molecule has 2 aromatic heterocycles. The fraction of sp³-hybridized carbons (Fsp3) is 0.0870. The molecule has 9 heteroatoms. The van der Waals surface area contributed by atoms with Crippen molar-refractivity contribution in [3.05, 3.63) is 100 Å². The summed E-state index contributed by atoms with van der Waals surface area (Å²) in [6, 6.07) is 24.2. The highest BCUT2D eigenvalue weighted by Crippen LogP contribution is 2.17. The summed E-state index contributed by atoms with van der Waals surface area (Å²) in [7, 11) is 0. The Morgan fingerprint density at radius 3 is 2.41 bits per heavy atom. The quantitative estimate of drug-likeness (QED) is 0.270. The van der Waals surface area contributed by atoms with Crippen LogP contribution in [0, 0.1) is 4.77 Å². The van der Waals surface area contributed by atoms with Crippen LogP contribution in [0.1, 0.15) is 16.2 Å². The molecule has 0 saturated heterocycles. The molecule has 0 spiro atoms. The molecule has 3 aromatic carbocycles. The number of halogens is 1. The van der Waals surface area contributed by atoms with Gasteiger partial charge in [-0.25, -0.2) is 9.36 Å². The van der Waals surface area contributed by atoms with E-state index in [1.54, 1.807) is 33.6 Å². The molecule has 0 aliphatic carbocycles. The molecule has 5 rings (SSSR count). The van der Waals surface area contributed by atoms with E-state index in [4.69, 9.17) is 28.9 Å². The van der Waals surface area contributed by atoms with Crippen LogP contribution >= 0.6 is 23.8 Å². The van der Waals surface area contributed by atoms with E-state index in [-0.39, 0.29) is 12.3 Å². The van der Waals surface area contributed by atoms with Gasteiger partial charge in [0.1, 0.15) is 18.6 Å². The van der Waals surface area contributed by atoms with Crippen molar-refractivity contribution in [2.45, 2.75) is 13.1 Å². The second-order valence-corrected chi connectivity index (χ2v) is 7.99. The highest BCUT2D eigenvalue weighted by atomic mass is 35.5. The van der Waals surface area contributed by atoms with Crippen LogP contribution in [0.25, 0.3) is 16.7 Å². The number of hydrogen-bond donors (Lipinski definition) is 0. The van der Waals surface area contributed by atoms with Gasteiger partial charge in [-0.2, -0.15) is 5.10 Å². The van der Waals surface area contributed by atoms with Gasteiger partial charge in [0, 0.05) is 16.3 Å². The van der Waals surface area contributed by atoms with Gasteiger partial charge in [0.05, 0.1) is 5.52 Å². The van der Waals surface area contributed by atoms with Crippen molar-refractivity contribution < 1.29 is 4.79 Å². The van der Waals surface area contributed by atoms with Crippen LogP contribution in [0.4, 0.5) is 0 Å². The second kappa shape index (κ2) is 8.49. The van der Waals surface area contributed by atoms with Gasteiger partial charge in [0.2, 0.25) is 4.77 Å². The molecule has 2 heterocycles. The fourth-order valence-electron chi connectivity index (χ4n) is 3.53. The summed E-state index contributed by atoms with van der Waals surface area (Å²) in [6.07, 6.45) is 0. The van der Waals surface area contributed by atoms with Crippen LogP contribution in [-0.4, -0.2) is 35.1 Å². The summed E-state index contributed by atoms with van der Waals surface area (Å²) < 4.78 is 5.62. The number of carbonyl (C=O) groups excluding carboxylic acids is 1. The molecule has 0 aliphatic rings. The van der Waals surface area contributed by atoms with E-state index in [0.29, 0.717) is 27.7 Å². The van der Waals surface area contributed by atoms with Gasteiger partial charge in [-0.1, -0.05) is 47.1 Å². The van der Waals surface area contributed by atoms with Gasteiger partial charge in [-0.3, -0.25) is 9.36 Å². The van der Waals surface area contributed by atoms with Gasteiger partial charge in [0.25, 0.3) is 0 Å². The van der Waals surface area contributed by atoms with Crippen molar-refractivity contribution in [3.63, 3.8) is 0 Å². The van der Waals surface area contributed by atoms with Crippen molar-refractivity contribution in [1.82, 2.24) is 29.3 Å². The molecule has 0 fully saturated rings. The molecule has 0 saturated carbocycles. The number of benzene rings is 3. The zero-order chi connectivity index (χ0) is 22.1. The second-order valence-electron chi connectivity index (χ2n) is 7.19. The van der Waals surface area contributed by atoms with Crippen LogP contribution in [0.2, 0.25) is 5.02 Å². The minimum atomic E-state index is -0.103. The Labute approximate surface area is 193 Å². The van der Waals surface area contributed by atoms with E-state index >= 15 is 0 Å². The van der Waals surface area contributed by atoms with Crippen molar-refractivity contribution >= 4 is 40.6 Å². The Morgan fingerprint density at radius 1 is 0.906 bits per heavy atom. The number of nitrogens with zero attached hydrogens (tertiary/aromatic N) is 6. The third-order valence-electron chi connectivity index (χ3n) is 5.09. The Hall–Kier alpha value is -3.62. The summed E-state index contributed by atoms with van der Waals surface area (Å²) in [5.41, 5.74) is 3.11. The number of rotatable bonds is 6. The van der Waals surface area contributed by atoms with E-state index in [0.717, 1.165) is 16.7 Å². The minimum absolute atomic E-state index is 0.0193. The SMILES string of the molecule is O=C(Cn1nc(Cn2nnc3ccccc32)n(-c2ccccc2)c1=S)c1ccc(Cl)cc1. The van der Waals surface area contributed by atoms with Gasteiger partial charge in [-0.15, -0.1) is 5.10 Å². The largest absolute Gasteiger partial charge is 0.292 e. The summed E-state index contributed by atoms with van der Waals surface area (Å²) in [5, 5.41) is 13.8. The average Bonchev–Trinajstić information content (AvgIpc) is 3.36. The molecule has 0 amide bonds. The molecule has 0 radical (unpaired) electrons. The number of para-hydroxylation sites is 2. The number of Topliss-reactive ketones (excluding diaryl/α,β-unsaturated/α-hetero) is 1. The predicted molar refractivity (Wildman–Crippen MR) is 125 cm³/mol. The van der Waals surface area contributed by atoms with Gasteiger partial charge >= 0.3 is 0 Å². The highest BCUT2D eigenvalue weighted by Gasteiger charge is 2.17. The Kier molecular flexibility index (Phi) is 5.38. The first-order valence-electron chi connectivity index (χ1n) is 9.91. The molecule has 158 valence electrons. The van der Waals surface area contributed by atoms with Gasteiger partial charge in [-0.05, 0) is 60.7 Å². The average molecular weight is 461 g/mol. The summed E-state index contributed by atoms with van der Waals surface area (Å²) in [6.45, 7) is 0.368. The predicted octanol–water partition coefficient (Wildman–Crippen LogP) is 4.73. The van der Waals surface area contributed by atoms with Crippen LogP contribution in [-0.2, 0) is 13.1 Å². The highest BCUT2D eigenvalue weighted by molar-refractivity contribution is 7.71. The zero-order valence-electron chi connectivity index (χ0n) is 16.8. The smallest absolute Gasteiger partial charge is 0.203 e. The molecule has 5 aromatic rings. The molecule has 7 nitrogen and oxygen atoms in total. The monoisotopic (exact) mass is 460 g/mol. The Morgan fingerprint density at radius 2 is 1.62 bits per heavy atom. The van der Waals surface area contributed by atoms with Gasteiger partial charge in [0.15, 0.2) is 11.6 Å². The zero-order valence-corrected chi connectivity index (χ0v) is 18.4. The number of carbonyl (C=O) groups is 1. The molecule has 32 heavy (non-hydrogen) atoms. The Balaban J connectivity index is 1.55. The maximum atomic E-state index is 12.8. The molecule has 0 unspecified atom stereocenters. The minimum Gasteiger partial charge on any atom is -0.292 e. The Bertz CT molecular complexity index is 1470. The van der Waals surface area contributed by atoms with E-state index in [1.807, 2.05) is 59.2 Å². The van der Waals surface area contributed by atoms with Crippen molar-refractivity contribution in [2.75, 3.05) is 0 Å². The lowest BCUT2D eigenvalue weighted by Gasteiger charge is -2.07. The lowest BCUT2D eigenvalue weighted by atomic mass is 10.1. The van der Waals surface area contributed by atoms with Crippen LogP contribution in [0.3, 0.4) is 0 Å². The van der Waals surface area contributed by atoms with Crippen molar-refractivity contribution in [2.24, 2.45) is 0 Å². The molecule has 0 bridgehead atoms. The maximum absolute atomic E-state index is 12.8. The number of aromatic nitrogens is 6. The molecule has 0 aliphatic heterocycles. The summed E-state index contributed by atoms with van der Waals surface area (Å²) in [4.78, 5) is 12.8. The van der Waals surface area contributed by atoms with Crippen LogP contribution in [0.5, 0.6) is 0 Å². The number of fused-ring (bicyclic) bond motifs is 1. The van der Waals surface area contributed by atoms with Crippen LogP contribution in [0.15, 0.2) is 78.9 Å².